The maximum absolute atomic E-state index is 13.3. The number of rotatable bonds is 4. The molecule has 3 nitrogen and oxygen atoms in total. The number of carbonyl (C=O) groups is 1. The van der Waals surface area contributed by atoms with Gasteiger partial charge in [0.25, 0.3) is 0 Å². The molecule has 1 heterocycles. The van der Waals surface area contributed by atoms with E-state index in [0.29, 0.717) is 18.5 Å². The first kappa shape index (κ1) is 14.5. The summed E-state index contributed by atoms with van der Waals surface area (Å²) in [6, 6.07) is 6.85. The fraction of sp³-hybridized carbons (Fsp3) is 0.588. The van der Waals surface area contributed by atoms with Crippen molar-refractivity contribution in [3.8, 4) is 0 Å². The van der Waals surface area contributed by atoms with Crippen LogP contribution < -0.4 is 5.32 Å². The van der Waals surface area contributed by atoms with E-state index >= 15 is 0 Å². The molecule has 1 aromatic rings. The molecule has 0 spiro atoms. The maximum atomic E-state index is 13.3. The topological polar surface area (TPSA) is 32.3 Å². The van der Waals surface area contributed by atoms with Crippen molar-refractivity contribution in [3.63, 3.8) is 0 Å². The second kappa shape index (κ2) is 6.14. The normalized spacial score (nSPS) is 25.6. The molecule has 0 radical (unpaired) electrons. The van der Waals surface area contributed by atoms with Gasteiger partial charge in [0.1, 0.15) is 5.82 Å². The Labute approximate surface area is 125 Å². The number of benzene rings is 1. The van der Waals surface area contributed by atoms with Crippen LogP contribution >= 0.6 is 0 Å². The third-order valence-corrected chi connectivity index (χ3v) is 4.48. The van der Waals surface area contributed by atoms with Crippen LogP contribution in [-0.2, 0) is 11.3 Å². The van der Waals surface area contributed by atoms with Crippen molar-refractivity contribution in [1.29, 1.82) is 0 Å². The molecule has 1 aliphatic carbocycles. The van der Waals surface area contributed by atoms with Gasteiger partial charge in [0.05, 0.1) is 6.04 Å². The molecule has 2 aliphatic rings. The molecule has 2 fully saturated rings. The molecule has 1 saturated carbocycles. The van der Waals surface area contributed by atoms with Crippen molar-refractivity contribution >= 4 is 5.91 Å². The largest absolute Gasteiger partial charge is 0.334 e. The van der Waals surface area contributed by atoms with Gasteiger partial charge >= 0.3 is 0 Å². The summed E-state index contributed by atoms with van der Waals surface area (Å²) in [7, 11) is 0. The highest BCUT2D eigenvalue weighted by molar-refractivity contribution is 5.82. The van der Waals surface area contributed by atoms with Crippen LogP contribution in [0.25, 0.3) is 0 Å². The average molecular weight is 290 g/mol. The average Bonchev–Trinajstić information content (AvgIpc) is 3.29. The van der Waals surface area contributed by atoms with Crippen molar-refractivity contribution in [2.75, 3.05) is 6.54 Å². The lowest BCUT2D eigenvalue weighted by atomic mass is 9.93. The predicted octanol–water partition coefficient (Wildman–Crippen LogP) is 2.70. The summed E-state index contributed by atoms with van der Waals surface area (Å²) >= 11 is 0. The van der Waals surface area contributed by atoms with E-state index in [2.05, 4.69) is 12.2 Å². The van der Waals surface area contributed by atoms with Gasteiger partial charge in [-0.25, -0.2) is 4.39 Å². The minimum Gasteiger partial charge on any atom is -0.334 e. The molecule has 3 rings (SSSR count). The molecule has 1 saturated heterocycles. The van der Waals surface area contributed by atoms with Crippen molar-refractivity contribution in [3.05, 3.63) is 35.6 Å². The van der Waals surface area contributed by atoms with Gasteiger partial charge in [-0.3, -0.25) is 4.79 Å². The Morgan fingerprint density at radius 1 is 1.38 bits per heavy atom. The summed E-state index contributed by atoms with van der Waals surface area (Å²) in [5, 5.41) is 3.34. The lowest BCUT2D eigenvalue weighted by Crippen LogP contribution is -2.50. The number of halogens is 1. The van der Waals surface area contributed by atoms with Crippen LogP contribution in [-0.4, -0.2) is 29.4 Å². The van der Waals surface area contributed by atoms with Crippen LogP contribution in [0.3, 0.4) is 0 Å². The van der Waals surface area contributed by atoms with Crippen LogP contribution in [0.2, 0.25) is 0 Å². The van der Waals surface area contributed by atoms with E-state index in [0.717, 1.165) is 37.8 Å². The molecular formula is C17H23FN2O. The summed E-state index contributed by atoms with van der Waals surface area (Å²) in [6.07, 6.45) is 4.19. The molecule has 21 heavy (non-hydrogen) atoms. The third-order valence-electron chi connectivity index (χ3n) is 4.48. The first-order valence-corrected chi connectivity index (χ1v) is 7.92. The van der Waals surface area contributed by atoms with Gasteiger partial charge in [-0.2, -0.15) is 0 Å². The first-order valence-electron chi connectivity index (χ1n) is 7.92. The standard InChI is InChI=1S/C17H23FN2O/c1-12-7-8-19-16(9-12)17(21)20(15-5-6-15)11-13-3-2-4-14(18)10-13/h2-4,10,12,15-16,19H,5-9,11H2,1H3. The summed E-state index contributed by atoms with van der Waals surface area (Å²) in [4.78, 5) is 14.7. The fourth-order valence-electron chi connectivity index (χ4n) is 3.10. The number of hydrogen-bond donors (Lipinski definition) is 1. The number of carbonyl (C=O) groups excluding carboxylic acids is 1. The summed E-state index contributed by atoms with van der Waals surface area (Å²) in [5.41, 5.74) is 0.874. The molecule has 0 bridgehead atoms. The van der Waals surface area contributed by atoms with E-state index in [4.69, 9.17) is 0 Å². The van der Waals surface area contributed by atoms with Crippen LogP contribution in [0.1, 0.15) is 38.2 Å². The van der Waals surface area contributed by atoms with Gasteiger partial charge in [0.2, 0.25) is 5.91 Å². The highest BCUT2D eigenvalue weighted by Gasteiger charge is 2.36. The van der Waals surface area contributed by atoms with Crippen molar-refractivity contribution in [2.24, 2.45) is 5.92 Å². The monoisotopic (exact) mass is 290 g/mol. The summed E-state index contributed by atoms with van der Waals surface area (Å²) in [5.74, 6) is 0.545. The lowest BCUT2D eigenvalue weighted by Gasteiger charge is -2.32. The molecule has 1 aliphatic heterocycles. The van der Waals surface area contributed by atoms with Crippen molar-refractivity contribution < 1.29 is 9.18 Å². The Kier molecular flexibility index (Phi) is 4.24. The Bertz CT molecular complexity index is 515. The van der Waals surface area contributed by atoms with Gasteiger partial charge in [0, 0.05) is 12.6 Å². The molecule has 4 heteroatoms. The number of nitrogens with zero attached hydrogens (tertiary/aromatic N) is 1. The molecule has 1 N–H and O–H groups in total. The molecule has 114 valence electrons. The maximum Gasteiger partial charge on any atom is 0.240 e. The minimum absolute atomic E-state index is 0.0668. The quantitative estimate of drug-likeness (QED) is 0.924. The van der Waals surface area contributed by atoms with Crippen LogP contribution in [0.4, 0.5) is 4.39 Å². The van der Waals surface area contributed by atoms with Crippen LogP contribution in [0.5, 0.6) is 0 Å². The van der Waals surface area contributed by atoms with Crippen LogP contribution in [0.15, 0.2) is 24.3 Å². The molecule has 2 atom stereocenters. The SMILES string of the molecule is CC1CCNC(C(=O)N(Cc2cccc(F)c2)C2CC2)C1. The third kappa shape index (κ3) is 3.62. The zero-order valence-electron chi connectivity index (χ0n) is 12.5. The zero-order valence-corrected chi connectivity index (χ0v) is 12.5. The van der Waals surface area contributed by atoms with Crippen LogP contribution in [0, 0.1) is 11.7 Å². The lowest BCUT2D eigenvalue weighted by molar-refractivity contribution is -0.135. The Hall–Kier alpha value is -1.42. The Morgan fingerprint density at radius 3 is 2.86 bits per heavy atom. The molecule has 0 aromatic heterocycles. The van der Waals surface area contributed by atoms with E-state index in [-0.39, 0.29) is 17.8 Å². The summed E-state index contributed by atoms with van der Waals surface area (Å²) in [6.45, 7) is 3.64. The number of piperidine rings is 1. The predicted molar refractivity (Wildman–Crippen MR) is 80.2 cm³/mol. The first-order chi connectivity index (χ1) is 10.1. The van der Waals surface area contributed by atoms with E-state index in [1.165, 1.54) is 12.1 Å². The number of hydrogen-bond acceptors (Lipinski definition) is 2. The smallest absolute Gasteiger partial charge is 0.240 e. The van der Waals surface area contributed by atoms with E-state index in [9.17, 15) is 9.18 Å². The van der Waals surface area contributed by atoms with Gasteiger partial charge in [-0.1, -0.05) is 19.1 Å². The van der Waals surface area contributed by atoms with Gasteiger partial charge in [0.15, 0.2) is 0 Å². The Balaban J connectivity index is 1.70. The molecule has 1 amide bonds. The zero-order chi connectivity index (χ0) is 14.8. The molecular weight excluding hydrogens is 267 g/mol. The highest BCUT2D eigenvalue weighted by atomic mass is 19.1. The molecule has 2 unspecified atom stereocenters. The van der Waals surface area contributed by atoms with Gasteiger partial charge < -0.3 is 10.2 Å². The van der Waals surface area contributed by atoms with E-state index < -0.39 is 0 Å². The number of amides is 1. The van der Waals surface area contributed by atoms with Crippen molar-refractivity contribution in [1.82, 2.24) is 10.2 Å². The van der Waals surface area contributed by atoms with Gasteiger partial charge in [-0.15, -0.1) is 0 Å². The van der Waals surface area contributed by atoms with E-state index in [1.54, 1.807) is 6.07 Å². The molecule has 1 aromatic carbocycles. The van der Waals surface area contributed by atoms with Gasteiger partial charge in [-0.05, 0) is 55.8 Å². The minimum atomic E-state index is -0.236. The second-order valence-electron chi connectivity index (χ2n) is 6.46. The summed E-state index contributed by atoms with van der Waals surface area (Å²) < 4.78 is 13.3. The van der Waals surface area contributed by atoms with E-state index in [1.807, 2.05) is 11.0 Å². The number of nitrogens with one attached hydrogen (secondary N) is 1. The highest BCUT2D eigenvalue weighted by Crippen LogP contribution is 2.30. The Morgan fingerprint density at radius 2 is 2.19 bits per heavy atom. The fourth-order valence-corrected chi connectivity index (χ4v) is 3.10. The second-order valence-corrected chi connectivity index (χ2v) is 6.46. The van der Waals surface area contributed by atoms with Crippen molar-refractivity contribution in [2.45, 2.75) is 51.2 Å².